The van der Waals surface area contributed by atoms with E-state index >= 15 is 0 Å². The minimum Gasteiger partial charge on any atom is -0.390 e. The Kier molecular flexibility index (Phi) is 4.77. The molecule has 0 unspecified atom stereocenters. The van der Waals surface area contributed by atoms with Crippen molar-refractivity contribution >= 4 is 16.8 Å². The Balaban J connectivity index is 1.50. The van der Waals surface area contributed by atoms with E-state index in [9.17, 15) is 9.90 Å². The summed E-state index contributed by atoms with van der Waals surface area (Å²) in [6.07, 6.45) is 3.21. The highest BCUT2D eigenvalue weighted by Crippen LogP contribution is 2.36. The summed E-state index contributed by atoms with van der Waals surface area (Å²) in [7, 11) is 0. The van der Waals surface area contributed by atoms with Crippen LogP contribution in [-0.4, -0.2) is 52.3 Å². The lowest BCUT2D eigenvalue weighted by Crippen LogP contribution is -2.56. The predicted molar refractivity (Wildman–Crippen MR) is 106 cm³/mol. The SMILES string of the molecule is Cc1[nH]c2c(C)ccc(C)c2c1CC(=O)N1CCC2(CC1)OCCC[C@H]2O. The van der Waals surface area contributed by atoms with Gasteiger partial charge in [0.1, 0.15) is 0 Å². The fourth-order valence-electron chi connectivity index (χ4n) is 4.82. The molecule has 0 saturated carbocycles. The van der Waals surface area contributed by atoms with Gasteiger partial charge in [0.25, 0.3) is 0 Å². The molecule has 2 saturated heterocycles. The van der Waals surface area contributed by atoms with Crippen LogP contribution in [0.25, 0.3) is 10.9 Å². The number of H-pyrrole nitrogens is 1. The van der Waals surface area contributed by atoms with Crippen LogP contribution in [-0.2, 0) is 16.0 Å². The number of aromatic amines is 1. The molecule has 2 fully saturated rings. The van der Waals surface area contributed by atoms with Gasteiger partial charge in [0, 0.05) is 36.3 Å². The molecule has 2 aliphatic rings. The quantitative estimate of drug-likeness (QED) is 0.853. The summed E-state index contributed by atoms with van der Waals surface area (Å²) in [5.41, 5.74) is 5.33. The lowest BCUT2D eigenvalue weighted by molar-refractivity contribution is -0.179. The van der Waals surface area contributed by atoms with E-state index in [2.05, 4.69) is 37.9 Å². The third kappa shape index (κ3) is 3.17. The molecule has 1 spiro atoms. The fourth-order valence-corrected chi connectivity index (χ4v) is 4.82. The number of nitrogens with one attached hydrogen (secondary N) is 1. The minimum atomic E-state index is -0.431. The number of nitrogens with zero attached hydrogens (tertiary/aromatic N) is 1. The molecule has 1 amide bonds. The second-order valence-electron chi connectivity index (χ2n) is 8.31. The van der Waals surface area contributed by atoms with Crippen LogP contribution in [0.2, 0.25) is 0 Å². The van der Waals surface area contributed by atoms with Crippen LogP contribution in [0.15, 0.2) is 12.1 Å². The zero-order chi connectivity index (χ0) is 19.2. The molecule has 27 heavy (non-hydrogen) atoms. The predicted octanol–water partition coefficient (Wildman–Crippen LogP) is 3.17. The van der Waals surface area contributed by atoms with Crippen LogP contribution in [0, 0.1) is 20.8 Å². The molecule has 1 atom stereocenters. The largest absolute Gasteiger partial charge is 0.390 e. The van der Waals surface area contributed by atoms with E-state index in [4.69, 9.17) is 4.74 Å². The van der Waals surface area contributed by atoms with Crippen LogP contribution >= 0.6 is 0 Å². The Morgan fingerprint density at radius 1 is 1.26 bits per heavy atom. The lowest BCUT2D eigenvalue weighted by Gasteiger charge is -2.46. The maximum atomic E-state index is 13.0. The molecular weight excluding hydrogens is 340 g/mol. The molecule has 5 heteroatoms. The van der Waals surface area contributed by atoms with Gasteiger partial charge < -0.3 is 19.7 Å². The summed E-state index contributed by atoms with van der Waals surface area (Å²) < 4.78 is 5.97. The zero-order valence-corrected chi connectivity index (χ0v) is 16.6. The van der Waals surface area contributed by atoms with Gasteiger partial charge in [0.05, 0.1) is 18.1 Å². The van der Waals surface area contributed by atoms with Gasteiger partial charge in [0.2, 0.25) is 5.91 Å². The number of rotatable bonds is 2. The van der Waals surface area contributed by atoms with Crippen molar-refractivity contribution in [2.45, 2.75) is 64.6 Å². The van der Waals surface area contributed by atoms with E-state index < -0.39 is 11.7 Å². The first-order valence-corrected chi connectivity index (χ1v) is 10.1. The first-order chi connectivity index (χ1) is 12.9. The van der Waals surface area contributed by atoms with Gasteiger partial charge >= 0.3 is 0 Å². The number of hydrogen-bond acceptors (Lipinski definition) is 3. The molecule has 5 nitrogen and oxygen atoms in total. The number of amides is 1. The smallest absolute Gasteiger partial charge is 0.227 e. The summed E-state index contributed by atoms with van der Waals surface area (Å²) in [6.45, 7) is 8.31. The third-order valence-electron chi connectivity index (χ3n) is 6.60. The Bertz CT molecular complexity index is 862. The van der Waals surface area contributed by atoms with E-state index in [0.29, 0.717) is 19.5 Å². The van der Waals surface area contributed by atoms with Crippen molar-refractivity contribution in [3.05, 3.63) is 34.5 Å². The van der Waals surface area contributed by atoms with Crippen LogP contribution in [0.5, 0.6) is 0 Å². The monoisotopic (exact) mass is 370 g/mol. The van der Waals surface area contributed by atoms with Crippen LogP contribution < -0.4 is 0 Å². The molecule has 2 N–H and O–H groups in total. The number of fused-ring (bicyclic) bond motifs is 1. The molecule has 4 rings (SSSR count). The third-order valence-corrected chi connectivity index (χ3v) is 6.60. The molecule has 3 heterocycles. The molecule has 2 aliphatic heterocycles. The van der Waals surface area contributed by atoms with Gasteiger partial charge in [-0.2, -0.15) is 0 Å². The summed E-state index contributed by atoms with van der Waals surface area (Å²) in [6, 6.07) is 4.25. The Morgan fingerprint density at radius 2 is 1.96 bits per heavy atom. The number of hydrogen-bond donors (Lipinski definition) is 2. The summed E-state index contributed by atoms with van der Waals surface area (Å²) in [5, 5.41) is 11.6. The maximum absolute atomic E-state index is 13.0. The van der Waals surface area contributed by atoms with Gasteiger partial charge in [-0.15, -0.1) is 0 Å². The van der Waals surface area contributed by atoms with Crippen molar-refractivity contribution in [2.75, 3.05) is 19.7 Å². The number of ether oxygens (including phenoxy) is 1. The van der Waals surface area contributed by atoms with E-state index in [-0.39, 0.29) is 5.91 Å². The normalized spacial score (nSPS) is 22.5. The molecule has 1 aromatic heterocycles. The van der Waals surface area contributed by atoms with Gasteiger partial charge in [-0.1, -0.05) is 12.1 Å². The van der Waals surface area contributed by atoms with Crippen molar-refractivity contribution in [1.82, 2.24) is 9.88 Å². The first kappa shape index (κ1) is 18.5. The number of aliphatic hydroxyl groups is 1. The lowest BCUT2D eigenvalue weighted by atomic mass is 9.82. The molecule has 146 valence electrons. The van der Waals surface area contributed by atoms with E-state index in [1.807, 2.05) is 4.90 Å². The van der Waals surface area contributed by atoms with E-state index in [0.717, 1.165) is 49.1 Å². The Hall–Kier alpha value is -1.85. The number of carbonyl (C=O) groups excluding carboxylic acids is 1. The summed E-state index contributed by atoms with van der Waals surface area (Å²) >= 11 is 0. The van der Waals surface area contributed by atoms with E-state index in [1.54, 1.807) is 0 Å². The van der Waals surface area contributed by atoms with Crippen molar-refractivity contribution in [3.8, 4) is 0 Å². The van der Waals surface area contributed by atoms with Crippen molar-refractivity contribution in [2.24, 2.45) is 0 Å². The average Bonchev–Trinajstić information content (AvgIpc) is 2.99. The number of benzene rings is 1. The molecular formula is C22H30N2O3. The molecule has 0 bridgehead atoms. The number of aryl methyl sites for hydroxylation is 3. The maximum Gasteiger partial charge on any atom is 0.227 e. The van der Waals surface area contributed by atoms with Gasteiger partial charge in [-0.3, -0.25) is 4.79 Å². The van der Waals surface area contributed by atoms with Crippen molar-refractivity contribution < 1.29 is 14.6 Å². The second-order valence-corrected chi connectivity index (χ2v) is 8.31. The van der Waals surface area contributed by atoms with E-state index in [1.165, 1.54) is 16.5 Å². The Labute approximate surface area is 160 Å². The topological polar surface area (TPSA) is 65.6 Å². The number of carbonyl (C=O) groups is 1. The molecule has 0 radical (unpaired) electrons. The number of piperidine rings is 1. The Morgan fingerprint density at radius 3 is 2.67 bits per heavy atom. The minimum absolute atomic E-state index is 0.167. The standard InChI is InChI=1S/C22H30N2O3/c1-14-6-7-15(2)21-20(14)17(16(3)23-21)13-19(26)24-10-8-22(9-11-24)18(25)5-4-12-27-22/h6-7,18,23,25H,4-5,8-13H2,1-3H3/t18-/m1/s1. The van der Waals surface area contributed by atoms with Crippen LogP contribution in [0.1, 0.15) is 48.1 Å². The summed E-state index contributed by atoms with van der Waals surface area (Å²) in [4.78, 5) is 18.4. The van der Waals surface area contributed by atoms with Crippen molar-refractivity contribution in [3.63, 3.8) is 0 Å². The van der Waals surface area contributed by atoms with Gasteiger partial charge in [0.15, 0.2) is 0 Å². The first-order valence-electron chi connectivity index (χ1n) is 10.1. The zero-order valence-electron chi connectivity index (χ0n) is 16.6. The molecule has 1 aromatic carbocycles. The highest BCUT2D eigenvalue weighted by atomic mass is 16.5. The van der Waals surface area contributed by atoms with Crippen molar-refractivity contribution in [1.29, 1.82) is 0 Å². The van der Waals surface area contributed by atoms with Crippen LogP contribution in [0.4, 0.5) is 0 Å². The number of aliphatic hydroxyl groups excluding tert-OH is 1. The van der Waals surface area contributed by atoms with Gasteiger partial charge in [-0.25, -0.2) is 0 Å². The highest BCUT2D eigenvalue weighted by Gasteiger charge is 2.44. The van der Waals surface area contributed by atoms with Crippen LogP contribution in [0.3, 0.4) is 0 Å². The number of aromatic nitrogens is 1. The molecule has 0 aliphatic carbocycles. The second kappa shape index (κ2) is 6.95. The number of likely N-dealkylation sites (tertiary alicyclic amines) is 1. The summed E-state index contributed by atoms with van der Waals surface area (Å²) in [5.74, 6) is 0.167. The fraction of sp³-hybridized carbons (Fsp3) is 0.591. The molecule has 2 aromatic rings. The highest BCUT2D eigenvalue weighted by molar-refractivity contribution is 5.93. The van der Waals surface area contributed by atoms with Gasteiger partial charge in [-0.05, 0) is 63.1 Å². The average molecular weight is 370 g/mol.